The van der Waals surface area contributed by atoms with Gasteiger partial charge in [0, 0.05) is 24.2 Å². The van der Waals surface area contributed by atoms with E-state index in [9.17, 15) is 4.91 Å². The highest BCUT2D eigenvalue weighted by Gasteiger charge is 2.36. The largest absolute Gasteiger partial charge is 0.371 e. The van der Waals surface area contributed by atoms with E-state index in [-0.39, 0.29) is 5.41 Å². The van der Waals surface area contributed by atoms with Gasteiger partial charge in [0.2, 0.25) is 0 Å². The van der Waals surface area contributed by atoms with Crippen LogP contribution in [0.1, 0.15) is 49.3 Å². The lowest BCUT2D eigenvalue weighted by atomic mass is 9.70. The Labute approximate surface area is 173 Å². The Bertz CT molecular complexity index is 971. The predicted octanol–water partition coefficient (Wildman–Crippen LogP) is 6.79. The minimum Gasteiger partial charge on any atom is -0.371 e. The predicted molar refractivity (Wildman–Crippen MR) is 121 cm³/mol. The summed E-state index contributed by atoms with van der Waals surface area (Å²) < 4.78 is 0. The molecule has 0 N–H and O–H groups in total. The van der Waals surface area contributed by atoms with Gasteiger partial charge in [-0.2, -0.15) is 0 Å². The summed E-state index contributed by atoms with van der Waals surface area (Å²) in [6.07, 6.45) is 2.12. The average molecular weight is 385 g/mol. The van der Waals surface area contributed by atoms with Crippen LogP contribution in [0.5, 0.6) is 0 Å². The van der Waals surface area contributed by atoms with Crippen molar-refractivity contribution in [2.75, 3.05) is 18.0 Å². The Balaban J connectivity index is 1.63. The molecule has 0 fully saturated rings. The monoisotopic (exact) mass is 384 g/mol. The zero-order valence-corrected chi connectivity index (χ0v) is 17.2. The molecule has 1 aliphatic rings. The van der Waals surface area contributed by atoms with Gasteiger partial charge in [-0.05, 0) is 58.8 Å². The molecule has 2 atom stereocenters. The summed E-state index contributed by atoms with van der Waals surface area (Å²) in [5.41, 5.74) is 5.51. The quantitative estimate of drug-likeness (QED) is 0.438. The molecule has 0 saturated carbocycles. The van der Waals surface area contributed by atoms with Crippen molar-refractivity contribution < 1.29 is 0 Å². The highest BCUT2D eigenvalue weighted by atomic mass is 16.3. The average Bonchev–Trinajstić information content (AvgIpc) is 2.79. The standard InChI is InChI=1S/C26H28N2O/c1-20(21-9-5-3-6-10-21)15-17-28-18-16-26(2,22-11-7-4-8-12-22)24-19-23(27-29)13-14-25(24)28/h3-14,19-20H,15-18H2,1-2H3. The molecule has 0 amide bonds. The molecule has 0 aliphatic carbocycles. The maximum Gasteiger partial charge on any atom is 0.108 e. The minimum absolute atomic E-state index is 0.112. The van der Waals surface area contributed by atoms with Crippen molar-refractivity contribution in [3.63, 3.8) is 0 Å². The van der Waals surface area contributed by atoms with Gasteiger partial charge in [0.05, 0.1) is 0 Å². The first-order chi connectivity index (χ1) is 14.1. The number of benzene rings is 3. The Kier molecular flexibility index (Phi) is 5.48. The van der Waals surface area contributed by atoms with Gasteiger partial charge in [-0.25, -0.2) is 0 Å². The Morgan fingerprint density at radius 3 is 2.38 bits per heavy atom. The second-order valence-electron chi connectivity index (χ2n) is 8.33. The fourth-order valence-electron chi connectivity index (χ4n) is 4.55. The summed E-state index contributed by atoms with van der Waals surface area (Å²) in [6.45, 7) is 6.60. The maximum atomic E-state index is 11.2. The minimum atomic E-state index is -0.112. The number of nitrogens with zero attached hydrogens (tertiary/aromatic N) is 2. The molecular formula is C26H28N2O. The molecule has 3 aromatic carbocycles. The van der Waals surface area contributed by atoms with Gasteiger partial charge in [-0.3, -0.25) is 0 Å². The fraction of sp³-hybridized carbons (Fsp3) is 0.308. The molecule has 0 saturated heterocycles. The first-order valence-electron chi connectivity index (χ1n) is 10.4. The van der Waals surface area contributed by atoms with E-state index in [0.29, 0.717) is 11.6 Å². The van der Waals surface area contributed by atoms with Crippen LogP contribution in [0.2, 0.25) is 0 Å². The summed E-state index contributed by atoms with van der Waals surface area (Å²) in [7, 11) is 0. The van der Waals surface area contributed by atoms with Crippen LogP contribution in [0.25, 0.3) is 0 Å². The second-order valence-corrected chi connectivity index (χ2v) is 8.33. The zero-order chi connectivity index (χ0) is 20.3. The molecule has 4 rings (SSSR count). The summed E-state index contributed by atoms with van der Waals surface area (Å²) in [4.78, 5) is 13.7. The lowest BCUT2D eigenvalue weighted by Crippen LogP contribution is -2.40. The van der Waals surface area contributed by atoms with Gasteiger partial charge in [0.25, 0.3) is 0 Å². The number of hydrogen-bond donors (Lipinski definition) is 0. The third-order valence-corrected chi connectivity index (χ3v) is 6.51. The van der Waals surface area contributed by atoms with Crippen LogP contribution in [-0.2, 0) is 5.41 Å². The molecular weight excluding hydrogens is 356 g/mol. The van der Waals surface area contributed by atoms with Crippen LogP contribution >= 0.6 is 0 Å². The molecule has 29 heavy (non-hydrogen) atoms. The smallest absolute Gasteiger partial charge is 0.108 e. The van der Waals surface area contributed by atoms with Gasteiger partial charge in [-0.1, -0.05) is 74.5 Å². The maximum absolute atomic E-state index is 11.2. The number of nitroso groups, excluding NO2 is 1. The molecule has 3 heteroatoms. The lowest BCUT2D eigenvalue weighted by Gasteiger charge is -2.43. The Hall–Kier alpha value is -2.94. The van der Waals surface area contributed by atoms with Gasteiger partial charge in [-0.15, -0.1) is 4.91 Å². The summed E-state index contributed by atoms with van der Waals surface area (Å²) in [6, 6.07) is 27.3. The van der Waals surface area contributed by atoms with E-state index >= 15 is 0 Å². The van der Waals surface area contributed by atoms with Gasteiger partial charge in [0.1, 0.15) is 5.69 Å². The van der Waals surface area contributed by atoms with Gasteiger partial charge in [0.15, 0.2) is 0 Å². The molecule has 1 heterocycles. The molecule has 148 valence electrons. The van der Waals surface area contributed by atoms with Crippen LogP contribution in [0.3, 0.4) is 0 Å². The van der Waals surface area contributed by atoms with Crippen molar-refractivity contribution in [3.8, 4) is 0 Å². The van der Waals surface area contributed by atoms with Gasteiger partial charge >= 0.3 is 0 Å². The van der Waals surface area contributed by atoms with E-state index in [0.717, 1.165) is 25.9 Å². The third kappa shape index (κ3) is 3.82. The van der Waals surface area contributed by atoms with Crippen molar-refractivity contribution >= 4 is 11.4 Å². The van der Waals surface area contributed by atoms with Gasteiger partial charge < -0.3 is 4.90 Å². The summed E-state index contributed by atoms with van der Waals surface area (Å²) in [5.74, 6) is 0.512. The molecule has 1 aliphatic heterocycles. The molecule has 3 aromatic rings. The van der Waals surface area contributed by atoms with Crippen molar-refractivity contribution in [2.24, 2.45) is 5.18 Å². The normalized spacial score (nSPS) is 19.4. The molecule has 0 radical (unpaired) electrons. The van der Waals surface area contributed by atoms with Crippen molar-refractivity contribution in [1.82, 2.24) is 0 Å². The van der Waals surface area contributed by atoms with Crippen LogP contribution < -0.4 is 4.90 Å². The molecule has 0 spiro atoms. The van der Waals surface area contributed by atoms with E-state index in [1.807, 2.05) is 12.1 Å². The Morgan fingerprint density at radius 2 is 1.69 bits per heavy atom. The van der Waals surface area contributed by atoms with E-state index in [1.165, 1.54) is 22.4 Å². The number of rotatable bonds is 6. The van der Waals surface area contributed by atoms with Crippen molar-refractivity contribution in [3.05, 3.63) is 100 Å². The van der Waals surface area contributed by atoms with E-state index in [2.05, 4.69) is 90.7 Å². The second kappa shape index (κ2) is 8.20. The van der Waals surface area contributed by atoms with Crippen LogP contribution in [0.15, 0.2) is 84.0 Å². The molecule has 3 nitrogen and oxygen atoms in total. The van der Waals surface area contributed by atoms with E-state index in [1.54, 1.807) is 0 Å². The van der Waals surface area contributed by atoms with Crippen molar-refractivity contribution in [2.45, 2.75) is 38.0 Å². The number of fused-ring (bicyclic) bond motifs is 1. The SMILES string of the molecule is CC(CCN1CCC(C)(c2ccccc2)c2cc(N=O)ccc21)c1ccccc1. The third-order valence-electron chi connectivity index (χ3n) is 6.51. The first kappa shape index (κ1) is 19.4. The Morgan fingerprint density at radius 1 is 1.00 bits per heavy atom. The fourth-order valence-corrected chi connectivity index (χ4v) is 4.55. The number of anilines is 1. The zero-order valence-electron chi connectivity index (χ0n) is 17.2. The number of hydrogen-bond acceptors (Lipinski definition) is 3. The van der Waals surface area contributed by atoms with Crippen LogP contribution in [0.4, 0.5) is 11.4 Å². The van der Waals surface area contributed by atoms with E-state index < -0.39 is 0 Å². The summed E-state index contributed by atoms with van der Waals surface area (Å²) in [5, 5.41) is 3.21. The molecule has 0 aromatic heterocycles. The first-order valence-corrected chi connectivity index (χ1v) is 10.4. The van der Waals surface area contributed by atoms with Crippen LogP contribution in [0, 0.1) is 4.91 Å². The lowest BCUT2D eigenvalue weighted by molar-refractivity contribution is 0.481. The molecule has 2 unspecified atom stereocenters. The van der Waals surface area contributed by atoms with Crippen molar-refractivity contribution in [1.29, 1.82) is 0 Å². The highest BCUT2D eigenvalue weighted by Crippen LogP contribution is 2.45. The van der Waals surface area contributed by atoms with E-state index in [4.69, 9.17) is 0 Å². The van der Waals surface area contributed by atoms with Crippen LogP contribution in [-0.4, -0.2) is 13.1 Å². The summed E-state index contributed by atoms with van der Waals surface area (Å²) >= 11 is 0. The highest BCUT2D eigenvalue weighted by molar-refractivity contribution is 5.66. The molecule has 0 bridgehead atoms. The topological polar surface area (TPSA) is 32.7 Å².